The minimum atomic E-state index is -0.578. The van der Waals surface area contributed by atoms with E-state index in [2.05, 4.69) is 4.98 Å². The molecular weight excluding hydrogens is 262 g/mol. The van der Waals surface area contributed by atoms with Gasteiger partial charge in [0, 0.05) is 16.6 Å². The molecule has 106 valence electrons. The maximum Gasteiger partial charge on any atom is 0.153 e. The SMILES string of the molecule is Cc1ccc2cccc(Oc3ccccc3[C@@H](C)O)c2n1. The lowest BCUT2D eigenvalue weighted by molar-refractivity contribution is 0.195. The summed E-state index contributed by atoms with van der Waals surface area (Å²) in [6.07, 6.45) is -0.578. The molecule has 0 aliphatic rings. The molecule has 0 amide bonds. The zero-order chi connectivity index (χ0) is 14.8. The van der Waals surface area contributed by atoms with Crippen LogP contribution in [0.5, 0.6) is 11.5 Å². The molecule has 3 aromatic rings. The van der Waals surface area contributed by atoms with Crippen molar-refractivity contribution < 1.29 is 9.84 Å². The molecule has 0 aliphatic carbocycles. The number of pyridine rings is 1. The quantitative estimate of drug-likeness (QED) is 0.773. The smallest absolute Gasteiger partial charge is 0.153 e. The van der Waals surface area contributed by atoms with Gasteiger partial charge in [-0.1, -0.05) is 36.4 Å². The molecule has 0 radical (unpaired) electrons. The van der Waals surface area contributed by atoms with Gasteiger partial charge in [-0.3, -0.25) is 0 Å². The molecule has 1 atom stereocenters. The van der Waals surface area contributed by atoms with Gasteiger partial charge in [0.15, 0.2) is 5.75 Å². The highest BCUT2D eigenvalue weighted by atomic mass is 16.5. The van der Waals surface area contributed by atoms with E-state index in [0.29, 0.717) is 11.5 Å². The first-order valence-corrected chi connectivity index (χ1v) is 6.96. The van der Waals surface area contributed by atoms with E-state index in [1.807, 2.05) is 61.5 Å². The third-order valence-corrected chi connectivity index (χ3v) is 3.41. The largest absolute Gasteiger partial charge is 0.455 e. The molecule has 0 saturated heterocycles. The van der Waals surface area contributed by atoms with Crippen molar-refractivity contribution in [3.63, 3.8) is 0 Å². The van der Waals surface area contributed by atoms with Crippen molar-refractivity contribution in [2.75, 3.05) is 0 Å². The molecule has 3 nitrogen and oxygen atoms in total. The number of aryl methyl sites for hydroxylation is 1. The monoisotopic (exact) mass is 279 g/mol. The number of hydrogen-bond donors (Lipinski definition) is 1. The van der Waals surface area contributed by atoms with Gasteiger partial charge in [-0.05, 0) is 32.0 Å². The van der Waals surface area contributed by atoms with Crippen molar-refractivity contribution in [3.05, 3.63) is 65.9 Å². The predicted octanol–water partition coefficient (Wildman–Crippen LogP) is 4.39. The van der Waals surface area contributed by atoms with Gasteiger partial charge >= 0.3 is 0 Å². The molecule has 0 unspecified atom stereocenters. The Hall–Kier alpha value is -2.39. The second-order valence-corrected chi connectivity index (χ2v) is 5.10. The highest BCUT2D eigenvalue weighted by Crippen LogP contribution is 2.32. The van der Waals surface area contributed by atoms with E-state index >= 15 is 0 Å². The lowest BCUT2D eigenvalue weighted by Crippen LogP contribution is -1.96. The van der Waals surface area contributed by atoms with Crippen LogP contribution in [0.25, 0.3) is 10.9 Å². The zero-order valence-corrected chi connectivity index (χ0v) is 12.1. The third kappa shape index (κ3) is 2.73. The first kappa shape index (κ1) is 13.6. The normalized spacial score (nSPS) is 12.3. The molecule has 21 heavy (non-hydrogen) atoms. The fourth-order valence-corrected chi connectivity index (χ4v) is 2.34. The van der Waals surface area contributed by atoms with Crippen LogP contribution < -0.4 is 4.74 Å². The summed E-state index contributed by atoms with van der Waals surface area (Å²) in [6, 6.07) is 17.4. The summed E-state index contributed by atoms with van der Waals surface area (Å²) in [4.78, 5) is 4.56. The Balaban J connectivity index is 2.08. The number of aliphatic hydroxyl groups is 1. The van der Waals surface area contributed by atoms with E-state index in [1.165, 1.54) is 0 Å². The maximum absolute atomic E-state index is 9.84. The van der Waals surface area contributed by atoms with Crippen molar-refractivity contribution in [2.45, 2.75) is 20.0 Å². The second kappa shape index (κ2) is 5.54. The molecule has 0 fully saturated rings. The second-order valence-electron chi connectivity index (χ2n) is 5.10. The van der Waals surface area contributed by atoms with Crippen LogP contribution in [0.15, 0.2) is 54.6 Å². The average molecular weight is 279 g/mol. The van der Waals surface area contributed by atoms with Crippen LogP contribution in [-0.4, -0.2) is 10.1 Å². The minimum Gasteiger partial charge on any atom is -0.455 e. The van der Waals surface area contributed by atoms with Crippen molar-refractivity contribution in [1.82, 2.24) is 4.98 Å². The lowest BCUT2D eigenvalue weighted by Gasteiger charge is -2.14. The lowest BCUT2D eigenvalue weighted by atomic mass is 10.1. The first-order chi connectivity index (χ1) is 10.1. The summed E-state index contributed by atoms with van der Waals surface area (Å²) in [5, 5.41) is 10.9. The third-order valence-electron chi connectivity index (χ3n) is 3.41. The molecule has 1 N–H and O–H groups in total. The van der Waals surface area contributed by atoms with Crippen LogP contribution in [0.2, 0.25) is 0 Å². The maximum atomic E-state index is 9.84. The number of rotatable bonds is 3. The Morgan fingerprint density at radius 1 is 0.952 bits per heavy atom. The fourth-order valence-electron chi connectivity index (χ4n) is 2.34. The van der Waals surface area contributed by atoms with E-state index in [0.717, 1.165) is 22.2 Å². The zero-order valence-electron chi connectivity index (χ0n) is 12.1. The summed E-state index contributed by atoms with van der Waals surface area (Å²) in [6.45, 7) is 3.69. The molecule has 1 heterocycles. The van der Waals surface area contributed by atoms with E-state index in [9.17, 15) is 5.11 Å². The summed E-state index contributed by atoms with van der Waals surface area (Å²) in [5.41, 5.74) is 2.54. The van der Waals surface area contributed by atoms with Crippen molar-refractivity contribution in [3.8, 4) is 11.5 Å². The van der Waals surface area contributed by atoms with Gasteiger partial charge in [0.1, 0.15) is 11.3 Å². The van der Waals surface area contributed by atoms with E-state index in [-0.39, 0.29) is 0 Å². The van der Waals surface area contributed by atoms with Crippen LogP contribution in [0, 0.1) is 6.92 Å². The molecule has 2 aromatic carbocycles. The Kier molecular flexibility index (Phi) is 3.59. The standard InChI is InChI=1S/C18H17NO2/c1-12-10-11-14-6-5-9-17(18(14)19-12)21-16-8-4-3-7-15(16)13(2)20/h3-11,13,20H,1-2H3/t13-/m1/s1. The van der Waals surface area contributed by atoms with Crippen molar-refractivity contribution >= 4 is 10.9 Å². The Labute approximate surface area is 123 Å². The van der Waals surface area contributed by atoms with Gasteiger partial charge in [-0.15, -0.1) is 0 Å². The van der Waals surface area contributed by atoms with Gasteiger partial charge in [0.2, 0.25) is 0 Å². The first-order valence-electron chi connectivity index (χ1n) is 6.96. The summed E-state index contributed by atoms with van der Waals surface area (Å²) in [5.74, 6) is 1.35. The number of aromatic nitrogens is 1. The average Bonchev–Trinajstić information content (AvgIpc) is 2.48. The molecule has 3 heteroatoms. The van der Waals surface area contributed by atoms with E-state index < -0.39 is 6.10 Å². The summed E-state index contributed by atoms with van der Waals surface area (Å²) in [7, 11) is 0. The molecule has 1 aromatic heterocycles. The number of fused-ring (bicyclic) bond motifs is 1. The van der Waals surface area contributed by atoms with E-state index in [1.54, 1.807) is 6.92 Å². The minimum absolute atomic E-state index is 0.578. The number of benzene rings is 2. The highest BCUT2D eigenvalue weighted by Gasteiger charge is 2.11. The van der Waals surface area contributed by atoms with Gasteiger partial charge in [-0.2, -0.15) is 0 Å². The van der Waals surface area contributed by atoms with Gasteiger partial charge in [0.05, 0.1) is 6.10 Å². The number of para-hydroxylation sites is 2. The Morgan fingerprint density at radius 3 is 2.52 bits per heavy atom. The van der Waals surface area contributed by atoms with Gasteiger partial charge in [0.25, 0.3) is 0 Å². The summed E-state index contributed by atoms with van der Waals surface area (Å²) >= 11 is 0. The number of hydrogen-bond acceptors (Lipinski definition) is 3. The molecular formula is C18H17NO2. The topological polar surface area (TPSA) is 42.4 Å². The highest BCUT2D eigenvalue weighted by molar-refractivity contribution is 5.84. The van der Waals surface area contributed by atoms with Crippen LogP contribution in [0.1, 0.15) is 24.3 Å². The van der Waals surface area contributed by atoms with Gasteiger partial charge in [-0.25, -0.2) is 4.98 Å². The number of nitrogens with zero attached hydrogens (tertiary/aromatic N) is 1. The molecule has 3 rings (SSSR count). The molecule has 0 aliphatic heterocycles. The molecule has 0 spiro atoms. The van der Waals surface area contributed by atoms with Crippen LogP contribution in [-0.2, 0) is 0 Å². The Bertz CT molecular complexity index is 781. The van der Waals surface area contributed by atoms with Gasteiger partial charge < -0.3 is 9.84 Å². The number of ether oxygens (including phenoxy) is 1. The fraction of sp³-hybridized carbons (Fsp3) is 0.167. The summed E-state index contributed by atoms with van der Waals surface area (Å²) < 4.78 is 6.02. The Morgan fingerprint density at radius 2 is 1.71 bits per heavy atom. The van der Waals surface area contributed by atoms with E-state index in [4.69, 9.17) is 4.74 Å². The van der Waals surface area contributed by atoms with Crippen molar-refractivity contribution in [2.24, 2.45) is 0 Å². The molecule has 0 saturated carbocycles. The van der Waals surface area contributed by atoms with Crippen LogP contribution in [0.4, 0.5) is 0 Å². The van der Waals surface area contributed by atoms with Crippen LogP contribution >= 0.6 is 0 Å². The van der Waals surface area contributed by atoms with Crippen molar-refractivity contribution in [1.29, 1.82) is 0 Å². The van der Waals surface area contributed by atoms with Crippen LogP contribution in [0.3, 0.4) is 0 Å². The predicted molar refractivity (Wildman–Crippen MR) is 83.6 cm³/mol. The number of aliphatic hydroxyl groups excluding tert-OH is 1. The molecule has 0 bridgehead atoms.